The molecular formula is C28H38F3N3O5S. The molecule has 0 aliphatic carbocycles. The highest BCUT2D eigenvalue weighted by Gasteiger charge is 2.32. The van der Waals surface area contributed by atoms with Gasteiger partial charge in [-0.3, -0.25) is 13.9 Å². The lowest BCUT2D eigenvalue weighted by Crippen LogP contribution is -2.50. The van der Waals surface area contributed by atoms with E-state index in [1.807, 2.05) is 13.8 Å². The van der Waals surface area contributed by atoms with Crippen LogP contribution in [-0.2, 0) is 32.3 Å². The Balaban J connectivity index is 2.27. The lowest BCUT2D eigenvalue weighted by Gasteiger charge is -2.32. The van der Waals surface area contributed by atoms with Crippen LogP contribution in [0.5, 0.6) is 5.75 Å². The normalized spacial score (nSPS) is 13.3. The number of alkyl halides is 3. The Morgan fingerprint density at radius 3 is 2.23 bits per heavy atom. The largest absolute Gasteiger partial charge is 0.497 e. The van der Waals surface area contributed by atoms with Gasteiger partial charge in [0.2, 0.25) is 21.8 Å². The molecular weight excluding hydrogens is 547 g/mol. The predicted molar refractivity (Wildman–Crippen MR) is 148 cm³/mol. The number of halogens is 3. The zero-order valence-corrected chi connectivity index (χ0v) is 24.3. The van der Waals surface area contributed by atoms with Crippen molar-refractivity contribution in [2.45, 2.75) is 71.3 Å². The maximum atomic E-state index is 13.5. The van der Waals surface area contributed by atoms with Gasteiger partial charge in [-0.2, -0.15) is 13.2 Å². The Hall–Kier alpha value is -3.28. The zero-order chi connectivity index (χ0) is 30.1. The molecule has 0 saturated heterocycles. The van der Waals surface area contributed by atoms with Crippen molar-refractivity contribution in [2.75, 3.05) is 24.2 Å². The van der Waals surface area contributed by atoms with E-state index in [1.54, 1.807) is 31.2 Å². The molecule has 0 aliphatic heterocycles. The quantitative estimate of drug-likeness (QED) is 0.337. The minimum Gasteiger partial charge on any atom is -0.497 e. The Bertz CT molecular complexity index is 1240. The number of rotatable bonds is 14. The lowest BCUT2D eigenvalue weighted by atomic mass is 10.1. The van der Waals surface area contributed by atoms with Crippen molar-refractivity contribution in [3.63, 3.8) is 0 Å². The highest BCUT2D eigenvalue weighted by Crippen LogP contribution is 2.32. The number of amides is 2. The summed E-state index contributed by atoms with van der Waals surface area (Å²) in [5.74, 6) is -0.0291. The first kappa shape index (κ1) is 32.9. The van der Waals surface area contributed by atoms with Crippen LogP contribution in [0.2, 0.25) is 0 Å². The van der Waals surface area contributed by atoms with Gasteiger partial charge in [-0.15, -0.1) is 0 Å². The predicted octanol–water partition coefficient (Wildman–Crippen LogP) is 4.98. The van der Waals surface area contributed by atoms with Crippen LogP contribution in [-0.4, -0.2) is 57.1 Å². The van der Waals surface area contributed by atoms with Crippen LogP contribution in [0.1, 0.15) is 57.6 Å². The number of anilines is 1. The lowest BCUT2D eigenvalue weighted by molar-refractivity contribution is -0.141. The summed E-state index contributed by atoms with van der Waals surface area (Å²) >= 11 is 0. The highest BCUT2D eigenvalue weighted by atomic mass is 32.2. The molecule has 0 bridgehead atoms. The fraction of sp³-hybridized carbons (Fsp3) is 0.500. The number of nitrogens with one attached hydrogen (secondary N) is 1. The third-order valence-electron chi connectivity index (χ3n) is 6.51. The Labute approximate surface area is 234 Å². The summed E-state index contributed by atoms with van der Waals surface area (Å²) in [6.07, 6.45) is -2.76. The van der Waals surface area contributed by atoms with Gasteiger partial charge in [0.05, 0.1) is 24.6 Å². The summed E-state index contributed by atoms with van der Waals surface area (Å²) in [6.45, 7) is 5.53. The van der Waals surface area contributed by atoms with Crippen LogP contribution in [0.15, 0.2) is 48.5 Å². The molecule has 2 rings (SSSR count). The summed E-state index contributed by atoms with van der Waals surface area (Å²) in [6, 6.07) is 10.3. The van der Waals surface area contributed by atoms with Crippen molar-refractivity contribution in [2.24, 2.45) is 0 Å². The molecule has 0 saturated carbocycles. The fourth-order valence-corrected chi connectivity index (χ4v) is 5.09. The second-order valence-corrected chi connectivity index (χ2v) is 11.5. The Morgan fingerprint density at radius 1 is 1.05 bits per heavy atom. The molecule has 2 atom stereocenters. The van der Waals surface area contributed by atoms with E-state index in [0.29, 0.717) is 18.6 Å². The first-order chi connectivity index (χ1) is 18.7. The standard InChI is InChI=1S/C28H38F3N3O5S/c1-6-20(3)32-27(36)25(7-2)33(19-21-13-15-24(39-4)16-14-21)26(35)12-9-17-34(40(5,37)38)23-11-8-10-22(18-23)28(29,30)31/h8,10-11,13-16,18,20,25H,6-7,9,12,17,19H2,1-5H3,(H,32,36)/t20-,25+/m0/s1. The third-order valence-corrected chi connectivity index (χ3v) is 7.71. The summed E-state index contributed by atoms with van der Waals surface area (Å²) < 4.78 is 70.6. The van der Waals surface area contributed by atoms with Gasteiger partial charge in [0, 0.05) is 25.6 Å². The van der Waals surface area contributed by atoms with Gasteiger partial charge >= 0.3 is 6.18 Å². The number of methoxy groups -OCH3 is 1. The molecule has 2 aromatic rings. The number of nitrogens with zero attached hydrogens (tertiary/aromatic N) is 2. The first-order valence-electron chi connectivity index (χ1n) is 13.1. The maximum Gasteiger partial charge on any atom is 0.416 e. The number of hydrogen-bond donors (Lipinski definition) is 1. The maximum absolute atomic E-state index is 13.5. The van der Waals surface area contributed by atoms with Gasteiger partial charge in [-0.1, -0.05) is 32.0 Å². The van der Waals surface area contributed by atoms with Crippen LogP contribution in [0.4, 0.5) is 18.9 Å². The molecule has 2 amide bonds. The van der Waals surface area contributed by atoms with Crippen LogP contribution in [0.25, 0.3) is 0 Å². The molecule has 8 nitrogen and oxygen atoms in total. The van der Waals surface area contributed by atoms with Crippen molar-refractivity contribution >= 4 is 27.5 Å². The van der Waals surface area contributed by atoms with Gasteiger partial charge in [-0.25, -0.2) is 8.42 Å². The highest BCUT2D eigenvalue weighted by molar-refractivity contribution is 7.92. The topological polar surface area (TPSA) is 96.0 Å². The van der Waals surface area contributed by atoms with Gasteiger partial charge < -0.3 is 15.0 Å². The molecule has 0 radical (unpaired) electrons. The number of carbonyl (C=O) groups excluding carboxylic acids is 2. The van der Waals surface area contributed by atoms with Crippen molar-refractivity contribution < 1.29 is 35.9 Å². The van der Waals surface area contributed by atoms with E-state index in [4.69, 9.17) is 4.74 Å². The average Bonchev–Trinajstić information content (AvgIpc) is 2.90. The number of hydrogen-bond acceptors (Lipinski definition) is 5. The molecule has 0 spiro atoms. The van der Waals surface area contributed by atoms with E-state index in [1.165, 1.54) is 18.1 Å². The van der Waals surface area contributed by atoms with Gasteiger partial charge in [0.15, 0.2) is 0 Å². The smallest absolute Gasteiger partial charge is 0.416 e. The van der Waals surface area contributed by atoms with Crippen LogP contribution < -0.4 is 14.4 Å². The molecule has 0 aliphatic rings. The Kier molecular flexibility index (Phi) is 11.8. The van der Waals surface area contributed by atoms with Gasteiger partial charge in [0.1, 0.15) is 11.8 Å². The molecule has 222 valence electrons. The average molecular weight is 586 g/mol. The Morgan fingerprint density at radius 2 is 1.70 bits per heavy atom. The van der Waals surface area contributed by atoms with E-state index < -0.39 is 27.8 Å². The summed E-state index contributed by atoms with van der Waals surface area (Å²) in [5.41, 5.74) is -0.344. The summed E-state index contributed by atoms with van der Waals surface area (Å²) in [4.78, 5) is 28.0. The van der Waals surface area contributed by atoms with Crippen molar-refractivity contribution in [1.82, 2.24) is 10.2 Å². The summed E-state index contributed by atoms with van der Waals surface area (Å²) in [5, 5.41) is 2.92. The van der Waals surface area contributed by atoms with Crippen LogP contribution in [0, 0.1) is 0 Å². The second-order valence-electron chi connectivity index (χ2n) is 9.60. The van der Waals surface area contributed by atoms with E-state index in [-0.39, 0.29) is 49.5 Å². The fourth-order valence-electron chi connectivity index (χ4n) is 4.13. The number of sulfonamides is 1. The molecule has 0 unspecified atom stereocenters. The number of ether oxygens (including phenoxy) is 1. The van der Waals surface area contributed by atoms with Crippen LogP contribution >= 0.6 is 0 Å². The minimum absolute atomic E-state index is 0.0324. The van der Waals surface area contributed by atoms with Gasteiger partial charge in [0.25, 0.3) is 0 Å². The van der Waals surface area contributed by atoms with Crippen molar-refractivity contribution in [3.05, 3.63) is 59.7 Å². The molecule has 0 aromatic heterocycles. The molecule has 40 heavy (non-hydrogen) atoms. The monoisotopic (exact) mass is 585 g/mol. The van der Waals surface area contributed by atoms with Gasteiger partial charge in [-0.05, 0) is 62.1 Å². The van der Waals surface area contributed by atoms with Crippen molar-refractivity contribution in [3.8, 4) is 5.75 Å². The van der Waals surface area contributed by atoms with E-state index in [0.717, 1.165) is 34.3 Å². The summed E-state index contributed by atoms with van der Waals surface area (Å²) in [7, 11) is -2.40. The number of benzene rings is 2. The molecule has 2 aromatic carbocycles. The molecule has 1 N–H and O–H groups in total. The third kappa shape index (κ3) is 9.42. The van der Waals surface area contributed by atoms with Crippen LogP contribution in [0.3, 0.4) is 0 Å². The number of carbonyl (C=O) groups is 2. The second kappa shape index (κ2) is 14.4. The zero-order valence-electron chi connectivity index (χ0n) is 23.5. The molecule has 12 heteroatoms. The van der Waals surface area contributed by atoms with Crippen molar-refractivity contribution in [1.29, 1.82) is 0 Å². The van der Waals surface area contributed by atoms with E-state index in [9.17, 15) is 31.2 Å². The first-order valence-corrected chi connectivity index (χ1v) is 14.9. The van der Waals surface area contributed by atoms with E-state index in [2.05, 4.69) is 5.32 Å². The molecule has 0 heterocycles. The minimum atomic E-state index is -4.64. The van der Waals surface area contributed by atoms with E-state index >= 15 is 0 Å². The molecule has 0 fully saturated rings. The SMILES string of the molecule is CC[C@H](C(=O)N[C@@H](C)CC)N(Cc1ccc(OC)cc1)C(=O)CCCN(c1cccc(C(F)(F)F)c1)S(C)(=O)=O.